The van der Waals surface area contributed by atoms with Crippen molar-refractivity contribution in [2.24, 2.45) is 10.4 Å². The minimum absolute atomic E-state index is 0.208. The summed E-state index contributed by atoms with van der Waals surface area (Å²) in [5.74, 6) is 0. The summed E-state index contributed by atoms with van der Waals surface area (Å²) in [5.41, 5.74) is 0. The molecule has 126 valence electrons. The predicted molar refractivity (Wildman–Crippen MR) is 99.3 cm³/mol. The molecular weight excluding hydrogens is 288 g/mol. The van der Waals surface area contributed by atoms with E-state index in [4.69, 9.17) is 0 Å². The summed E-state index contributed by atoms with van der Waals surface area (Å²) in [6.45, 7) is 3.98. The van der Waals surface area contributed by atoms with Gasteiger partial charge in [-0.1, -0.05) is 91.4 Å². The van der Waals surface area contributed by atoms with E-state index in [2.05, 4.69) is 22.5 Å². The lowest BCUT2D eigenvalue weighted by atomic mass is 10.1. The van der Waals surface area contributed by atoms with E-state index in [-0.39, 0.29) is 12.1 Å². The number of hydrogen-bond acceptors (Lipinski definition) is 4. The Balaban J connectivity index is 3.86. The molecule has 0 aliphatic carbocycles. The number of rotatable bonds is 13. The zero-order chi connectivity index (χ0) is 17.2. The van der Waals surface area contributed by atoms with E-state index in [0.717, 1.165) is 32.1 Å². The zero-order valence-electron chi connectivity index (χ0n) is 14.2. The van der Waals surface area contributed by atoms with Gasteiger partial charge < -0.3 is 0 Å². The van der Waals surface area contributed by atoms with E-state index in [1.165, 1.54) is 0 Å². The smallest absolute Gasteiger partial charge is 0.110 e. The first-order valence-electron chi connectivity index (χ1n) is 8.25. The number of hydrogen-bond donors (Lipinski definition) is 0. The second-order valence-electron chi connectivity index (χ2n) is 5.11. The molecule has 0 aromatic carbocycles. The molecule has 0 unspecified atom stereocenters. The molecule has 0 aromatic rings. The topological polar surface area (TPSA) is 58.9 Å². The van der Waals surface area contributed by atoms with Crippen LogP contribution in [-0.4, -0.2) is 12.1 Å². The number of allylic oxidation sites excluding steroid dienone is 8. The van der Waals surface area contributed by atoms with E-state index in [0.29, 0.717) is 0 Å². The van der Waals surface area contributed by atoms with Crippen LogP contribution in [0.3, 0.4) is 0 Å². The minimum Gasteiger partial charge on any atom is -0.150 e. The first-order valence-corrected chi connectivity index (χ1v) is 8.25. The lowest BCUT2D eigenvalue weighted by molar-refractivity contribution is 0.701. The maximum atomic E-state index is 10.5. The molecule has 4 nitrogen and oxygen atoms in total. The second kappa shape index (κ2) is 16.3. The van der Waals surface area contributed by atoms with Gasteiger partial charge in [-0.15, -0.1) is 0 Å². The van der Waals surface area contributed by atoms with Gasteiger partial charge in [0.25, 0.3) is 0 Å². The largest absolute Gasteiger partial charge is 0.150 e. The highest BCUT2D eigenvalue weighted by atomic mass is 16.3. The summed E-state index contributed by atoms with van der Waals surface area (Å²) in [5, 5.41) is 6.06. The Hall–Kier alpha value is -2.10. The van der Waals surface area contributed by atoms with Gasteiger partial charge >= 0.3 is 0 Å². The molecule has 0 rings (SSSR count). The van der Waals surface area contributed by atoms with Crippen LogP contribution in [0.5, 0.6) is 0 Å². The van der Waals surface area contributed by atoms with Crippen LogP contribution < -0.4 is 0 Å². The Bertz CT molecular complexity index is 448. The molecule has 0 aliphatic rings. The summed E-state index contributed by atoms with van der Waals surface area (Å²) < 4.78 is 0. The normalized spacial score (nSPS) is 15.4. The molecule has 0 heterocycles. The fourth-order valence-electron chi connectivity index (χ4n) is 1.77. The average Bonchev–Trinajstić information content (AvgIpc) is 2.58. The molecule has 0 bridgehead atoms. The van der Waals surface area contributed by atoms with Crippen LogP contribution in [0.4, 0.5) is 0 Å². The van der Waals surface area contributed by atoms with Crippen LogP contribution in [0, 0.1) is 9.81 Å². The van der Waals surface area contributed by atoms with Crippen molar-refractivity contribution in [2.75, 3.05) is 0 Å². The third-order valence-electron chi connectivity index (χ3n) is 3.15. The van der Waals surface area contributed by atoms with Crippen LogP contribution in [0.2, 0.25) is 0 Å². The van der Waals surface area contributed by atoms with Crippen LogP contribution in [0.1, 0.15) is 46.0 Å². The van der Waals surface area contributed by atoms with Crippen molar-refractivity contribution in [3.05, 3.63) is 70.6 Å². The molecule has 0 fully saturated rings. The highest BCUT2D eigenvalue weighted by molar-refractivity contribution is 5.10. The van der Waals surface area contributed by atoms with Gasteiger partial charge in [0.1, 0.15) is 12.1 Å². The van der Waals surface area contributed by atoms with E-state index >= 15 is 0 Å². The molecule has 0 aromatic heterocycles. The van der Waals surface area contributed by atoms with Crippen molar-refractivity contribution in [3.63, 3.8) is 0 Å². The summed E-state index contributed by atoms with van der Waals surface area (Å²) in [6, 6.07) is -0.431. The third kappa shape index (κ3) is 13.3. The molecule has 4 heteroatoms. The van der Waals surface area contributed by atoms with Gasteiger partial charge in [0.2, 0.25) is 0 Å². The molecule has 0 spiro atoms. The Morgan fingerprint density at radius 1 is 0.739 bits per heavy atom. The maximum absolute atomic E-state index is 10.5. The molecule has 0 aliphatic heterocycles. The van der Waals surface area contributed by atoms with Gasteiger partial charge in [0.15, 0.2) is 0 Å². The lowest BCUT2D eigenvalue weighted by Gasteiger charge is -1.97. The molecule has 0 amide bonds. The summed E-state index contributed by atoms with van der Waals surface area (Å²) in [7, 11) is 0. The standard InChI is InChI=1S/C19H28N2O2/c1-3-15-19(21-23)17-14-12-10-8-6-5-7-9-11-13-16-18(4-2)20-22/h5-6,9-14,16-19H,3-4,7-8,15H2,1-2H3/b6-5-,11-9-,12-10-,16-13+,17-14+/t18-,19+/m1/s1. The fourth-order valence-corrected chi connectivity index (χ4v) is 1.77. The average molecular weight is 316 g/mol. The summed E-state index contributed by atoms with van der Waals surface area (Å²) in [4.78, 5) is 20.9. The summed E-state index contributed by atoms with van der Waals surface area (Å²) >= 11 is 0. The monoisotopic (exact) mass is 316 g/mol. The molecule has 0 saturated carbocycles. The van der Waals surface area contributed by atoms with Crippen molar-refractivity contribution >= 4 is 0 Å². The second-order valence-corrected chi connectivity index (χ2v) is 5.11. The zero-order valence-corrected chi connectivity index (χ0v) is 14.2. The minimum atomic E-state index is -0.222. The van der Waals surface area contributed by atoms with E-state index in [1.807, 2.05) is 62.5 Å². The number of nitrogens with zero attached hydrogens (tertiary/aromatic N) is 2. The molecule has 23 heavy (non-hydrogen) atoms. The molecule has 0 radical (unpaired) electrons. The number of nitroso groups, excluding NO2 is 2. The van der Waals surface area contributed by atoms with Gasteiger partial charge in [-0.05, 0) is 25.7 Å². The van der Waals surface area contributed by atoms with Crippen molar-refractivity contribution in [1.82, 2.24) is 0 Å². The van der Waals surface area contributed by atoms with Crippen LogP contribution in [0.15, 0.2) is 71.1 Å². The van der Waals surface area contributed by atoms with Gasteiger partial charge in [-0.25, -0.2) is 0 Å². The van der Waals surface area contributed by atoms with E-state index in [9.17, 15) is 9.81 Å². The Morgan fingerprint density at radius 3 is 1.70 bits per heavy atom. The van der Waals surface area contributed by atoms with Crippen molar-refractivity contribution < 1.29 is 0 Å². The van der Waals surface area contributed by atoms with E-state index in [1.54, 1.807) is 0 Å². The van der Waals surface area contributed by atoms with Crippen molar-refractivity contribution in [2.45, 2.75) is 58.0 Å². The first kappa shape index (κ1) is 20.9. The van der Waals surface area contributed by atoms with Gasteiger partial charge in [0, 0.05) is 0 Å². The van der Waals surface area contributed by atoms with Crippen LogP contribution in [-0.2, 0) is 0 Å². The van der Waals surface area contributed by atoms with Gasteiger partial charge in [0.05, 0.1) is 0 Å². The molecule has 2 atom stereocenters. The summed E-state index contributed by atoms with van der Waals surface area (Å²) in [6.07, 6.45) is 23.7. The van der Waals surface area contributed by atoms with Crippen molar-refractivity contribution in [3.8, 4) is 0 Å². The van der Waals surface area contributed by atoms with Gasteiger partial charge in [-0.3, -0.25) is 0 Å². The van der Waals surface area contributed by atoms with Gasteiger partial charge in [-0.2, -0.15) is 9.81 Å². The molecule has 0 N–H and O–H groups in total. The quantitative estimate of drug-likeness (QED) is 0.237. The highest BCUT2D eigenvalue weighted by Gasteiger charge is 1.99. The Kier molecular flexibility index (Phi) is 14.8. The Morgan fingerprint density at radius 2 is 1.26 bits per heavy atom. The Labute approximate surface area is 139 Å². The van der Waals surface area contributed by atoms with Crippen LogP contribution in [0.25, 0.3) is 0 Å². The van der Waals surface area contributed by atoms with E-state index < -0.39 is 0 Å². The predicted octanol–water partition coefficient (Wildman–Crippen LogP) is 6.03. The molecule has 0 saturated heterocycles. The lowest BCUT2D eigenvalue weighted by Crippen LogP contribution is -1.96. The third-order valence-corrected chi connectivity index (χ3v) is 3.15. The highest BCUT2D eigenvalue weighted by Crippen LogP contribution is 2.03. The van der Waals surface area contributed by atoms with Crippen LogP contribution >= 0.6 is 0 Å². The fraction of sp³-hybridized carbons (Fsp3) is 0.474. The molecular formula is C19H28N2O2. The maximum Gasteiger partial charge on any atom is 0.110 e. The first-order chi connectivity index (χ1) is 11.3. The SMILES string of the molecule is CCC[C@@H](/C=C/C=C\C/C=C\C/C=C\C=C\[C@@H](CC)N=O)N=O. The van der Waals surface area contributed by atoms with Crippen molar-refractivity contribution in [1.29, 1.82) is 0 Å².